The molecule has 2 saturated carbocycles. The van der Waals surface area contributed by atoms with Crippen LogP contribution in [0, 0.1) is 0 Å². The molecule has 2 aliphatic rings. The molecule has 2 fully saturated rings. The summed E-state index contributed by atoms with van der Waals surface area (Å²) in [5.74, 6) is -0.374. The average molecular weight is 502 g/mol. The van der Waals surface area contributed by atoms with Crippen molar-refractivity contribution < 1.29 is 27.8 Å². The average Bonchev–Trinajstić information content (AvgIpc) is 3.54. The van der Waals surface area contributed by atoms with Crippen molar-refractivity contribution in [3.05, 3.63) is 53.6 Å². The molecule has 0 radical (unpaired) electrons. The first kappa shape index (κ1) is 23.9. The monoisotopic (exact) mass is 502 g/mol. The molecule has 3 aromatic heterocycles. The van der Waals surface area contributed by atoms with E-state index >= 15 is 0 Å². The van der Waals surface area contributed by atoms with Crippen LogP contribution in [-0.4, -0.2) is 44.5 Å². The Kier molecular flexibility index (Phi) is 5.76. The fourth-order valence-corrected chi connectivity index (χ4v) is 4.31. The van der Waals surface area contributed by atoms with Crippen LogP contribution < -0.4 is 16.0 Å². The van der Waals surface area contributed by atoms with Gasteiger partial charge in [0.1, 0.15) is 17.1 Å². The third kappa shape index (κ3) is 4.42. The van der Waals surface area contributed by atoms with Gasteiger partial charge in [0.2, 0.25) is 5.91 Å². The largest absolute Gasteiger partial charge is 0.433 e. The zero-order valence-corrected chi connectivity index (χ0v) is 19.1. The van der Waals surface area contributed by atoms with Crippen LogP contribution in [0.25, 0.3) is 11.4 Å². The third-order valence-electron chi connectivity index (χ3n) is 6.89. The molecule has 0 aromatic carbocycles. The molecular weight excluding hydrogens is 478 g/mol. The van der Waals surface area contributed by atoms with Crippen molar-refractivity contribution in [2.75, 3.05) is 17.2 Å². The summed E-state index contributed by atoms with van der Waals surface area (Å²) in [6, 6.07) is 3.86. The van der Waals surface area contributed by atoms with E-state index in [2.05, 4.69) is 30.8 Å². The van der Waals surface area contributed by atoms with E-state index in [4.69, 9.17) is 5.41 Å². The summed E-state index contributed by atoms with van der Waals surface area (Å²) in [6.45, 7) is 0.146. The number of rotatable bonds is 8. The summed E-state index contributed by atoms with van der Waals surface area (Å²) in [5, 5.41) is 18.5. The molecule has 5 rings (SSSR count). The molecule has 1 amide bonds. The van der Waals surface area contributed by atoms with Gasteiger partial charge in [-0.2, -0.15) is 18.3 Å². The Morgan fingerprint density at radius 2 is 1.89 bits per heavy atom. The normalized spacial score (nSPS) is 17.7. The molecule has 0 spiro atoms. The number of nitrogens with two attached hydrogens (primary N) is 1. The van der Waals surface area contributed by atoms with E-state index in [1.54, 1.807) is 6.07 Å². The zero-order chi connectivity index (χ0) is 25.6. The maximum atomic E-state index is 14.5. The predicted octanol–water partition coefficient (Wildman–Crippen LogP) is 3.04. The predicted molar refractivity (Wildman–Crippen MR) is 124 cm³/mol. The molecular formula is C24H24F4N7O+. The van der Waals surface area contributed by atoms with Gasteiger partial charge < -0.3 is 10.6 Å². The number of pyridine rings is 2. The minimum absolute atomic E-state index is 0.146. The van der Waals surface area contributed by atoms with Crippen molar-refractivity contribution in [3.8, 4) is 11.4 Å². The number of aromatic nitrogens is 4. The Morgan fingerprint density at radius 3 is 2.47 bits per heavy atom. The highest BCUT2D eigenvalue weighted by Gasteiger charge is 2.52. The number of H-pyrrole nitrogens is 1. The number of nitrogens with one attached hydrogen (secondary N) is 3. The number of halogens is 4. The van der Waals surface area contributed by atoms with Gasteiger partial charge in [-0.05, 0) is 49.8 Å². The minimum atomic E-state index is -4.55. The Hall–Kier alpha value is -3.83. The van der Waals surface area contributed by atoms with Crippen LogP contribution in [-0.2, 0) is 16.4 Å². The molecule has 0 unspecified atom stereocenters. The first-order valence-corrected chi connectivity index (χ1v) is 11.5. The van der Waals surface area contributed by atoms with Gasteiger partial charge in [0.15, 0.2) is 6.21 Å². The van der Waals surface area contributed by atoms with Crippen LogP contribution in [0.4, 0.5) is 28.9 Å². The lowest BCUT2D eigenvalue weighted by molar-refractivity contribution is -0.141. The number of anilines is 2. The second-order valence-corrected chi connectivity index (χ2v) is 9.31. The fourth-order valence-electron chi connectivity index (χ4n) is 4.31. The Labute approximate surface area is 203 Å². The second-order valence-electron chi connectivity index (χ2n) is 9.31. The first-order chi connectivity index (χ1) is 17.1. The molecule has 8 nitrogen and oxygen atoms in total. The van der Waals surface area contributed by atoms with Gasteiger partial charge in [-0.25, -0.2) is 4.39 Å². The minimum Gasteiger partial charge on any atom is -0.381 e. The molecule has 2 aliphatic carbocycles. The van der Waals surface area contributed by atoms with Crippen LogP contribution >= 0.6 is 0 Å². The fraction of sp³-hybridized carbons (Fsp3) is 0.375. The molecule has 3 aromatic rings. The SMILES string of the molecule is [NH2+]=Cc1cnc(-c2[nH]ncc2NC(=O)C2(c3ccc(C(F)(F)F)nc3)CC2)cc1NCC1(F)CCC1. The molecule has 0 saturated heterocycles. The van der Waals surface area contributed by atoms with Gasteiger partial charge in [-0.1, -0.05) is 6.07 Å². The number of carbonyl (C=O) groups is 1. The number of hydrogen-bond donors (Lipinski definition) is 4. The highest BCUT2D eigenvalue weighted by atomic mass is 19.4. The van der Waals surface area contributed by atoms with E-state index in [0.29, 0.717) is 59.6 Å². The van der Waals surface area contributed by atoms with E-state index in [-0.39, 0.29) is 12.5 Å². The molecule has 188 valence electrons. The maximum Gasteiger partial charge on any atom is 0.433 e. The summed E-state index contributed by atoms with van der Waals surface area (Å²) < 4.78 is 53.1. The lowest BCUT2D eigenvalue weighted by Crippen LogP contribution is -2.39. The molecule has 3 heterocycles. The van der Waals surface area contributed by atoms with Crippen LogP contribution in [0.3, 0.4) is 0 Å². The zero-order valence-electron chi connectivity index (χ0n) is 19.1. The number of amides is 1. The number of aromatic amines is 1. The van der Waals surface area contributed by atoms with Crippen LogP contribution in [0.15, 0.2) is 36.8 Å². The summed E-state index contributed by atoms with van der Waals surface area (Å²) in [5.41, 5.74) is -0.378. The number of hydrogen-bond acceptors (Lipinski definition) is 5. The summed E-state index contributed by atoms with van der Waals surface area (Å²) in [7, 11) is 0. The van der Waals surface area contributed by atoms with Gasteiger partial charge in [-0.3, -0.25) is 25.3 Å². The van der Waals surface area contributed by atoms with E-state index in [1.807, 2.05) is 0 Å². The first-order valence-electron chi connectivity index (χ1n) is 11.5. The lowest BCUT2D eigenvalue weighted by Gasteiger charge is -2.34. The van der Waals surface area contributed by atoms with E-state index in [1.165, 1.54) is 24.7 Å². The molecule has 0 atom stereocenters. The van der Waals surface area contributed by atoms with Gasteiger partial charge in [0.25, 0.3) is 0 Å². The molecule has 5 N–H and O–H groups in total. The van der Waals surface area contributed by atoms with E-state index in [9.17, 15) is 22.4 Å². The van der Waals surface area contributed by atoms with Crippen molar-refractivity contribution in [1.82, 2.24) is 20.2 Å². The van der Waals surface area contributed by atoms with Gasteiger partial charge in [0.05, 0.1) is 34.2 Å². The van der Waals surface area contributed by atoms with Crippen LogP contribution in [0.1, 0.15) is 48.9 Å². The van der Waals surface area contributed by atoms with Crippen LogP contribution in [0.2, 0.25) is 0 Å². The van der Waals surface area contributed by atoms with E-state index in [0.717, 1.165) is 18.7 Å². The Balaban J connectivity index is 1.35. The summed E-state index contributed by atoms with van der Waals surface area (Å²) in [4.78, 5) is 21.1. The third-order valence-corrected chi connectivity index (χ3v) is 6.89. The van der Waals surface area contributed by atoms with Crippen molar-refractivity contribution >= 4 is 23.5 Å². The number of carbonyl (C=O) groups excluding carboxylic acids is 1. The number of alkyl halides is 4. The van der Waals surface area contributed by atoms with Gasteiger partial charge in [0, 0.05) is 18.9 Å². The number of nitrogens with zero attached hydrogens (tertiary/aromatic N) is 3. The summed E-state index contributed by atoms with van der Waals surface area (Å²) >= 11 is 0. The van der Waals surface area contributed by atoms with Gasteiger partial charge in [-0.15, -0.1) is 0 Å². The second kappa shape index (κ2) is 8.68. The highest BCUT2D eigenvalue weighted by molar-refractivity contribution is 6.03. The summed E-state index contributed by atoms with van der Waals surface area (Å²) in [6.07, 6.45) is 3.72. The van der Waals surface area contributed by atoms with Crippen molar-refractivity contribution in [2.45, 2.75) is 49.4 Å². The molecule has 36 heavy (non-hydrogen) atoms. The van der Waals surface area contributed by atoms with Crippen molar-refractivity contribution in [2.24, 2.45) is 0 Å². The highest BCUT2D eigenvalue weighted by Crippen LogP contribution is 2.49. The Bertz CT molecular complexity index is 1290. The van der Waals surface area contributed by atoms with E-state index < -0.39 is 23.0 Å². The quantitative estimate of drug-likeness (QED) is 0.279. The Morgan fingerprint density at radius 1 is 1.11 bits per heavy atom. The smallest absolute Gasteiger partial charge is 0.381 e. The standard InChI is InChI=1S/C24H23F4N7O/c25-22(4-1-5-22)13-32-16-8-17(30-10-14(16)9-29)20-18(12-33-35-20)34-21(36)23(6-7-23)15-2-3-19(31-11-15)24(26,27)28/h2-3,8-12,29H,1,4-7,13H2,(H,30,32)(H,33,35)(H,34,36)/p+1. The van der Waals surface area contributed by atoms with Crippen LogP contribution in [0.5, 0.6) is 0 Å². The molecule has 12 heteroatoms. The van der Waals surface area contributed by atoms with Crippen molar-refractivity contribution in [3.63, 3.8) is 0 Å². The maximum absolute atomic E-state index is 14.5. The van der Waals surface area contributed by atoms with Crippen molar-refractivity contribution in [1.29, 1.82) is 0 Å². The molecule has 0 bridgehead atoms. The lowest BCUT2D eigenvalue weighted by atomic mass is 9.82. The molecule has 0 aliphatic heterocycles. The topological polar surface area (TPSA) is 121 Å². The van der Waals surface area contributed by atoms with Gasteiger partial charge >= 0.3 is 6.18 Å².